The van der Waals surface area contributed by atoms with E-state index in [0.29, 0.717) is 12.1 Å². The second-order valence-corrected chi connectivity index (χ2v) is 5.02. The number of benzene rings is 1. The molecule has 0 saturated heterocycles. The van der Waals surface area contributed by atoms with Gasteiger partial charge in [0.25, 0.3) is 0 Å². The van der Waals surface area contributed by atoms with Crippen molar-refractivity contribution in [3.63, 3.8) is 0 Å². The first-order valence-electron chi connectivity index (χ1n) is 5.79. The van der Waals surface area contributed by atoms with E-state index < -0.39 is 0 Å². The number of nitrogens with zero attached hydrogens (tertiary/aromatic N) is 1. The fourth-order valence-corrected chi connectivity index (χ4v) is 2.08. The molecule has 2 aromatic rings. The number of hydrogen-bond donors (Lipinski definition) is 1. The smallest absolute Gasteiger partial charge is 0.128 e. The summed E-state index contributed by atoms with van der Waals surface area (Å²) in [6.45, 7) is 0.882. The molecule has 0 amide bonds. The molecule has 3 nitrogen and oxygen atoms in total. The van der Waals surface area contributed by atoms with Gasteiger partial charge in [-0.15, -0.1) is 0 Å². The van der Waals surface area contributed by atoms with Gasteiger partial charge in [-0.1, -0.05) is 6.07 Å². The van der Waals surface area contributed by atoms with Gasteiger partial charge < -0.3 is 10.1 Å². The number of methoxy groups -OCH3 is 1. The zero-order valence-corrected chi connectivity index (χ0v) is 12.1. The molecule has 1 heterocycles. The van der Waals surface area contributed by atoms with Gasteiger partial charge in [-0.2, -0.15) is 0 Å². The zero-order valence-electron chi connectivity index (χ0n) is 10.5. The predicted molar refractivity (Wildman–Crippen MR) is 76.4 cm³/mol. The van der Waals surface area contributed by atoms with Crippen LogP contribution < -0.4 is 5.32 Å². The van der Waals surface area contributed by atoms with Gasteiger partial charge in [0.05, 0.1) is 18.5 Å². The third kappa shape index (κ3) is 4.01. The van der Waals surface area contributed by atoms with Crippen molar-refractivity contribution >= 4 is 21.6 Å². The summed E-state index contributed by atoms with van der Waals surface area (Å²) < 4.78 is 19.3. The first-order chi connectivity index (χ1) is 9.19. The minimum Gasteiger partial charge on any atom is -0.380 e. The molecule has 0 bridgehead atoms. The Labute approximate surface area is 119 Å². The number of nitrogens with one attached hydrogen (secondary N) is 1. The highest BCUT2D eigenvalue weighted by Crippen LogP contribution is 2.16. The van der Waals surface area contributed by atoms with E-state index in [1.807, 2.05) is 6.07 Å². The van der Waals surface area contributed by atoms with E-state index in [1.165, 1.54) is 6.07 Å². The molecule has 5 heteroatoms. The first-order valence-corrected chi connectivity index (χ1v) is 6.59. The van der Waals surface area contributed by atoms with Crippen LogP contribution in [0.1, 0.15) is 11.1 Å². The lowest BCUT2D eigenvalue weighted by molar-refractivity contribution is 0.181. The van der Waals surface area contributed by atoms with Crippen LogP contribution in [-0.2, 0) is 17.9 Å². The van der Waals surface area contributed by atoms with Crippen LogP contribution in [0.4, 0.5) is 10.1 Å². The van der Waals surface area contributed by atoms with Crippen LogP contribution >= 0.6 is 15.9 Å². The standard InChI is InChI=1S/C14H14BrFN2O/c1-19-9-11-4-10(2-3-14(11)16)6-18-13-5-12(15)7-17-8-13/h2-5,7-8,18H,6,9H2,1H3. The van der Waals surface area contributed by atoms with Gasteiger partial charge in [-0.3, -0.25) is 4.98 Å². The quantitative estimate of drug-likeness (QED) is 0.909. The van der Waals surface area contributed by atoms with Gasteiger partial charge in [-0.05, 0) is 39.7 Å². The maximum absolute atomic E-state index is 13.5. The number of rotatable bonds is 5. The first kappa shape index (κ1) is 14.0. The molecule has 100 valence electrons. The van der Waals surface area contributed by atoms with Crippen molar-refractivity contribution in [1.82, 2.24) is 4.98 Å². The Balaban J connectivity index is 2.05. The van der Waals surface area contributed by atoms with Crippen LogP contribution in [0.5, 0.6) is 0 Å². The Bertz CT molecular complexity index is 563. The minimum absolute atomic E-state index is 0.241. The summed E-state index contributed by atoms with van der Waals surface area (Å²) in [4.78, 5) is 4.07. The number of ether oxygens (including phenoxy) is 1. The third-order valence-corrected chi connectivity index (χ3v) is 3.05. The van der Waals surface area contributed by atoms with Crippen molar-refractivity contribution in [2.75, 3.05) is 12.4 Å². The molecule has 0 atom stereocenters. The summed E-state index contributed by atoms with van der Waals surface area (Å²) in [6.07, 6.45) is 3.46. The van der Waals surface area contributed by atoms with Crippen molar-refractivity contribution in [2.45, 2.75) is 13.2 Å². The van der Waals surface area contributed by atoms with Crippen molar-refractivity contribution < 1.29 is 9.13 Å². The fraction of sp³-hybridized carbons (Fsp3) is 0.214. The van der Waals surface area contributed by atoms with E-state index in [-0.39, 0.29) is 12.4 Å². The van der Waals surface area contributed by atoms with Crippen LogP contribution in [0, 0.1) is 5.82 Å². The van der Waals surface area contributed by atoms with E-state index in [4.69, 9.17) is 4.74 Å². The highest BCUT2D eigenvalue weighted by atomic mass is 79.9. The maximum atomic E-state index is 13.5. The van der Waals surface area contributed by atoms with Gasteiger partial charge >= 0.3 is 0 Å². The monoisotopic (exact) mass is 324 g/mol. The lowest BCUT2D eigenvalue weighted by Crippen LogP contribution is -2.02. The minimum atomic E-state index is -0.241. The number of halogens is 2. The Morgan fingerprint density at radius 1 is 1.32 bits per heavy atom. The van der Waals surface area contributed by atoms with E-state index in [9.17, 15) is 4.39 Å². The molecule has 0 saturated carbocycles. The Morgan fingerprint density at radius 2 is 2.16 bits per heavy atom. The third-order valence-electron chi connectivity index (χ3n) is 2.61. The molecular formula is C14H14BrFN2O. The van der Waals surface area contributed by atoms with Gasteiger partial charge in [-0.25, -0.2) is 4.39 Å². The van der Waals surface area contributed by atoms with Crippen molar-refractivity contribution in [2.24, 2.45) is 0 Å². The molecule has 0 fully saturated rings. The van der Waals surface area contributed by atoms with Crippen molar-refractivity contribution in [1.29, 1.82) is 0 Å². The maximum Gasteiger partial charge on any atom is 0.128 e. The second-order valence-electron chi connectivity index (χ2n) is 4.10. The normalized spacial score (nSPS) is 10.5. The summed E-state index contributed by atoms with van der Waals surface area (Å²) >= 11 is 3.36. The van der Waals surface area contributed by atoms with Gasteiger partial charge in [0.15, 0.2) is 0 Å². The molecular weight excluding hydrogens is 311 g/mol. The van der Waals surface area contributed by atoms with E-state index in [2.05, 4.69) is 26.2 Å². The molecule has 0 aliphatic heterocycles. The summed E-state index contributed by atoms with van der Waals surface area (Å²) in [5, 5.41) is 3.23. The van der Waals surface area contributed by atoms with E-state index in [0.717, 1.165) is 15.7 Å². The fourth-order valence-electron chi connectivity index (χ4n) is 1.72. The van der Waals surface area contributed by atoms with Crippen molar-refractivity contribution in [3.05, 3.63) is 58.1 Å². The molecule has 1 aromatic heterocycles. The van der Waals surface area contributed by atoms with Crippen LogP contribution in [0.25, 0.3) is 0 Å². The van der Waals surface area contributed by atoms with Crippen LogP contribution in [-0.4, -0.2) is 12.1 Å². The van der Waals surface area contributed by atoms with Crippen LogP contribution in [0.2, 0.25) is 0 Å². The van der Waals surface area contributed by atoms with Gasteiger partial charge in [0.1, 0.15) is 5.82 Å². The van der Waals surface area contributed by atoms with Gasteiger partial charge in [0.2, 0.25) is 0 Å². The summed E-state index contributed by atoms with van der Waals surface area (Å²) in [7, 11) is 1.55. The SMILES string of the molecule is COCc1cc(CNc2cncc(Br)c2)ccc1F. The number of aromatic nitrogens is 1. The van der Waals surface area contributed by atoms with E-state index >= 15 is 0 Å². The highest BCUT2D eigenvalue weighted by molar-refractivity contribution is 9.10. The molecule has 1 aromatic carbocycles. The molecule has 0 radical (unpaired) electrons. The molecule has 1 N–H and O–H groups in total. The molecule has 19 heavy (non-hydrogen) atoms. The second kappa shape index (κ2) is 6.63. The topological polar surface area (TPSA) is 34.1 Å². The summed E-state index contributed by atoms with van der Waals surface area (Å²) in [6, 6.07) is 6.96. The van der Waals surface area contributed by atoms with Crippen LogP contribution in [0.15, 0.2) is 41.1 Å². The Morgan fingerprint density at radius 3 is 2.89 bits per heavy atom. The molecule has 0 spiro atoms. The largest absolute Gasteiger partial charge is 0.380 e. The average molecular weight is 325 g/mol. The summed E-state index contributed by atoms with van der Waals surface area (Å²) in [5.41, 5.74) is 2.47. The van der Waals surface area contributed by atoms with Crippen molar-refractivity contribution in [3.8, 4) is 0 Å². The van der Waals surface area contributed by atoms with E-state index in [1.54, 1.807) is 31.6 Å². The highest BCUT2D eigenvalue weighted by Gasteiger charge is 2.03. The lowest BCUT2D eigenvalue weighted by Gasteiger charge is -2.09. The number of anilines is 1. The predicted octanol–water partition coefficient (Wildman–Crippen LogP) is 3.74. The summed E-state index contributed by atoms with van der Waals surface area (Å²) in [5.74, 6) is -0.241. The molecule has 2 rings (SSSR count). The number of hydrogen-bond acceptors (Lipinski definition) is 3. The molecule has 0 unspecified atom stereocenters. The Hall–Kier alpha value is -1.46. The molecule has 0 aliphatic rings. The number of pyridine rings is 1. The van der Waals surface area contributed by atoms with Crippen LogP contribution in [0.3, 0.4) is 0 Å². The molecule has 0 aliphatic carbocycles. The lowest BCUT2D eigenvalue weighted by atomic mass is 10.1. The Kier molecular flexibility index (Phi) is 4.87. The average Bonchev–Trinajstić information content (AvgIpc) is 2.40. The zero-order chi connectivity index (χ0) is 13.7. The van der Waals surface area contributed by atoms with Gasteiger partial charge in [0, 0.05) is 29.9 Å².